The van der Waals surface area contributed by atoms with Crippen LogP contribution < -0.4 is 5.32 Å². The van der Waals surface area contributed by atoms with E-state index in [9.17, 15) is 35.4 Å². The van der Waals surface area contributed by atoms with Crippen molar-refractivity contribution in [1.82, 2.24) is 5.32 Å². The lowest BCUT2D eigenvalue weighted by atomic mass is 9.99. The number of carbonyl (C=O) groups is 1. The smallest absolute Gasteiger partial charge is 0.249 e. The molecular weight excluding hydrogens is 626 g/mol. The summed E-state index contributed by atoms with van der Waals surface area (Å²) in [5.74, 6) is -0.632. The molecule has 0 saturated carbocycles. The number of hydrogen-bond acceptors (Lipinski definition) is 9. The van der Waals surface area contributed by atoms with Crippen LogP contribution in [0.2, 0.25) is 0 Å². The van der Waals surface area contributed by atoms with Crippen molar-refractivity contribution in [2.75, 3.05) is 13.2 Å². The molecule has 0 spiro atoms. The third-order valence-electron chi connectivity index (χ3n) is 9.41. The predicted octanol–water partition coefficient (Wildman–Crippen LogP) is 5.74. The van der Waals surface area contributed by atoms with Crippen LogP contribution in [-0.4, -0.2) is 98.7 Å². The summed E-state index contributed by atoms with van der Waals surface area (Å²) in [6, 6.07) is -0.996. The zero-order chi connectivity index (χ0) is 36.1. The molecule has 0 bridgehead atoms. The van der Waals surface area contributed by atoms with Crippen LogP contribution in [0, 0.1) is 0 Å². The number of allylic oxidation sites excluding steroid dienone is 3. The minimum absolute atomic E-state index is 0.305. The minimum atomic E-state index is -1.61. The first-order valence-corrected chi connectivity index (χ1v) is 19.7. The molecule has 49 heavy (non-hydrogen) atoms. The van der Waals surface area contributed by atoms with Gasteiger partial charge in [-0.3, -0.25) is 4.79 Å². The van der Waals surface area contributed by atoms with Gasteiger partial charge in [-0.2, -0.15) is 0 Å². The van der Waals surface area contributed by atoms with Crippen molar-refractivity contribution in [2.24, 2.45) is 0 Å². The van der Waals surface area contributed by atoms with E-state index in [2.05, 4.69) is 25.2 Å². The van der Waals surface area contributed by atoms with Crippen LogP contribution in [0.5, 0.6) is 0 Å². The van der Waals surface area contributed by atoms with Gasteiger partial charge in [0.1, 0.15) is 30.5 Å². The second kappa shape index (κ2) is 30.3. The molecule has 10 heteroatoms. The number of rotatable bonds is 31. The predicted molar refractivity (Wildman–Crippen MR) is 195 cm³/mol. The maximum atomic E-state index is 12.9. The van der Waals surface area contributed by atoms with Crippen molar-refractivity contribution in [1.29, 1.82) is 0 Å². The molecule has 1 aliphatic rings. The van der Waals surface area contributed by atoms with Gasteiger partial charge in [-0.15, -0.1) is 0 Å². The fraction of sp³-hybridized carbons (Fsp3) is 0.872. The summed E-state index contributed by atoms with van der Waals surface area (Å²) < 4.78 is 11.1. The summed E-state index contributed by atoms with van der Waals surface area (Å²) in [5, 5.41) is 64.2. The van der Waals surface area contributed by atoms with Gasteiger partial charge in [-0.1, -0.05) is 154 Å². The molecule has 288 valence electrons. The van der Waals surface area contributed by atoms with Gasteiger partial charge in [0.25, 0.3) is 0 Å². The summed E-state index contributed by atoms with van der Waals surface area (Å²) in [7, 11) is 0. The first-order chi connectivity index (χ1) is 23.8. The van der Waals surface area contributed by atoms with E-state index in [0.29, 0.717) is 19.3 Å². The third kappa shape index (κ3) is 21.6. The molecule has 0 aromatic rings. The van der Waals surface area contributed by atoms with Crippen molar-refractivity contribution in [3.05, 3.63) is 24.3 Å². The van der Waals surface area contributed by atoms with Gasteiger partial charge in [0, 0.05) is 0 Å². The Labute approximate surface area is 297 Å². The highest BCUT2D eigenvalue weighted by atomic mass is 16.7. The Kier molecular flexibility index (Phi) is 28.2. The van der Waals surface area contributed by atoms with Crippen molar-refractivity contribution in [2.45, 2.75) is 204 Å². The van der Waals surface area contributed by atoms with Gasteiger partial charge < -0.3 is 45.4 Å². The average molecular weight is 700 g/mol. The fourth-order valence-corrected chi connectivity index (χ4v) is 6.08. The molecule has 10 nitrogen and oxygen atoms in total. The molecule has 0 aromatic carbocycles. The molecule has 8 atom stereocenters. The van der Waals surface area contributed by atoms with Gasteiger partial charge in [0.15, 0.2) is 6.29 Å². The molecule has 7 N–H and O–H groups in total. The number of nitrogens with one attached hydrogen (secondary N) is 1. The molecule has 1 aliphatic heterocycles. The molecule has 0 radical (unpaired) electrons. The first kappa shape index (κ1) is 45.7. The van der Waals surface area contributed by atoms with Crippen molar-refractivity contribution in [3.8, 4) is 0 Å². The van der Waals surface area contributed by atoms with E-state index >= 15 is 0 Å². The molecule has 1 saturated heterocycles. The summed E-state index contributed by atoms with van der Waals surface area (Å²) in [5.41, 5.74) is 0. The Balaban J connectivity index is 2.55. The highest BCUT2D eigenvalue weighted by molar-refractivity contribution is 5.80. The number of amides is 1. The largest absolute Gasteiger partial charge is 0.394 e. The van der Waals surface area contributed by atoms with E-state index in [0.717, 1.165) is 32.1 Å². The molecule has 0 aliphatic carbocycles. The zero-order valence-corrected chi connectivity index (χ0v) is 30.8. The Morgan fingerprint density at radius 2 is 1.24 bits per heavy atom. The third-order valence-corrected chi connectivity index (χ3v) is 9.41. The normalized spacial score (nSPS) is 23.3. The van der Waals surface area contributed by atoms with Crippen molar-refractivity contribution in [3.63, 3.8) is 0 Å². The van der Waals surface area contributed by atoms with Crippen LogP contribution in [-0.2, 0) is 14.3 Å². The standard InChI is InChI=1S/C39H73NO9/c1-3-5-7-9-11-13-15-17-19-21-23-25-27-32(42)31(30-48-39-37(46)36(45)35(44)34(29-41)49-39)40-38(47)33(43)28-26-24-22-20-18-16-14-12-10-8-6-4-2/h19,21,25,27,31-37,39,41-46H,3-18,20,22-24,26,28-30H2,1-2H3,(H,40,47). The van der Waals surface area contributed by atoms with Crippen LogP contribution in [0.15, 0.2) is 24.3 Å². The molecular formula is C39H73NO9. The van der Waals surface area contributed by atoms with E-state index in [1.54, 1.807) is 12.2 Å². The van der Waals surface area contributed by atoms with Gasteiger partial charge >= 0.3 is 0 Å². The number of carbonyl (C=O) groups excluding carboxylic acids is 1. The lowest BCUT2D eigenvalue weighted by molar-refractivity contribution is -0.302. The van der Waals surface area contributed by atoms with Gasteiger partial charge in [-0.25, -0.2) is 0 Å². The quantitative estimate of drug-likeness (QED) is 0.0352. The van der Waals surface area contributed by atoms with Gasteiger partial charge in [0.05, 0.1) is 25.4 Å². The van der Waals surface area contributed by atoms with E-state index in [1.165, 1.54) is 89.9 Å². The monoisotopic (exact) mass is 700 g/mol. The summed E-state index contributed by atoms with van der Waals surface area (Å²) in [4.78, 5) is 12.9. The minimum Gasteiger partial charge on any atom is -0.394 e. The SMILES string of the molecule is CCCCCCCCCC=CCC=CC(O)C(COC1OC(CO)C(O)C(O)C1O)NC(=O)C(O)CCCCCCCCCCCCCC. The summed E-state index contributed by atoms with van der Waals surface area (Å²) in [6.07, 6.45) is 22.7. The van der Waals surface area contributed by atoms with E-state index in [1.807, 2.05) is 6.08 Å². The second-order valence-electron chi connectivity index (χ2n) is 13.9. The van der Waals surface area contributed by atoms with Crippen LogP contribution in [0.1, 0.15) is 155 Å². The number of aliphatic hydroxyl groups is 6. The Bertz CT molecular complexity index is 839. The Morgan fingerprint density at radius 1 is 0.714 bits per heavy atom. The van der Waals surface area contributed by atoms with Crippen molar-refractivity contribution < 1.29 is 44.9 Å². The number of ether oxygens (including phenoxy) is 2. The highest BCUT2D eigenvalue weighted by Crippen LogP contribution is 2.22. The molecule has 0 aromatic heterocycles. The molecule has 1 heterocycles. The lowest BCUT2D eigenvalue weighted by Gasteiger charge is -2.40. The maximum Gasteiger partial charge on any atom is 0.249 e. The topological polar surface area (TPSA) is 169 Å². The van der Waals surface area contributed by atoms with E-state index in [4.69, 9.17) is 9.47 Å². The maximum absolute atomic E-state index is 12.9. The van der Waals surface area contributed by atoms with Crippen LogP contribution >= 0.6 is 0 Å². The second-order valence-corrected chi connectivity index (χ2v) is 13.9. The van der Waals surface area contributed by atoms with Crippen LogP contribution in [0.4, 0.5) is 0 Å². The van der Waals surface area contributed by atoms with Crippen LogP contribution in [0.25, 0.3) is 0 Å². The fourth-order valence-electron chi connectivity index (χ4n) is 6.08. The summed E-state index contributed by atoms with van der Waals surface area (Å²) >= 11 is 0. The van der Waals surface area contributed by atoms with E-state index < -0.39 is 61.5 Å². The highest BCUT2D eigenvalue weighted by Gasteiger charge is 2.44. The van der Waals surface area contributed by atoms with Gasteiger partial charge in [0.2, 0.25) is 5.91 Å². The number of hydrogen-bond donors (Lipinski definition) is 7. The molecule has 1 rings (SSSR count). The first-order valence-electron chi connectivity index (χ1n) is 19.7. The van der Waals surface area contributed by atoms with Crippen molar-refractivity contribution >= 4 is 5.91 Å². The number of aliphatic hydroxyl groups excluding tert-OH is 6. The zero-order valence-electron chi connectivity index (χ0n) is 30.8. The van der Waals surface area contributed by atoms with Gasteiger partial charge in [-0.05, 0) is 25.7 Å². The Morgan fingerprint density at radius 3 is 1.80 bits per heavy atom. The summed E-state index contributed by atoms with van der Waals surface area (Å²) in [6.45, 7) is 3.53. The lowest BCUT2D eigenvalue weighted by Crippen LogP contribution is -2.60. The average Bonchev–Trinajstić information content (AvgIpc) is 3.10. The molecule has 1 amide bonds. The van der Waals surface area contributed by atoms with Crippen LogP contribution in [0.3, 0.4) is 0 Å². The molecule has 8 unspecified atom stereocenters. The van der Waals surface area contributed by atoms with E-state index in [-0.39, 0.29) is 6.61 Å². The Hall–Kier alpha value is -1.37. The molecule has 1 fully saturated rings. The number of unbranched alkanes of at least 4 members (excludes halogenated alkanes) is 18.